The minimum Gasteiger partial charge on any atom is -0.356 e. The van der Waals surface area contributed by atoms with Gasteiger partial charge in [-0.2, -0.15) is 0 Å². The van der Waals surface area contributed by atoms with E-state index in [1.165, 1.54) is 51.4 Å². The average molecular weight is 379 g/mol. The van der Waals surface area contributed by atoms with Gasteiger partial charge in [-0.25, -0.2) is 0 Å². The fourth-order valence-corrected chi connectivity index (χ4v) is 2.90. The van der Waals surface area contributed by atoms with E-state index in [4.69, 9.17) is 0 Å². The van der Waals surface area contributed by atoms with Gasteiger partial charge in [0.1, 0.15) is 0 Å². The molecule has 0 amide bonds. The summed E-state index contributed by atoms with van der Waals surface area (Å²) in [7, 11) is 1.88. The van der Waals surface area contributed by atoms with Crippen LogP contribution in [0.25, 0.3) is 0 Å². The normalized spacial score (nSPS) is 27.6. The summed E-state index contributed by atoms with van der Waals surface area (Å²) in [6, 6.07) is 0.639. The lowest BCUT2D eigenvalue weighted by atomic mass is 9.84. The summed E-state index contributed by atoms with van der Waals surface area (Å²) >= 11 is 0. The summed E-state index contributed by atoms with van der Waals surface area (Å²) < 4.78 is 0. The third kappa shape index (κ3) is 6.32. The lowest BCUT2D eigenvalue weighted by Gasteiger charge is -2.29. The second kappa shape index (κ2) is 9.03. The summed E-state index contributed by atoms with van der Waals surface area (Å²) in [4.78, 5) is 4.33. The van der Waals surface area contributed by atoms with Crippen molar-refractivity contribution in [1.82, 2.24) is 10.6 Å². The quantitative estimate of drug-likeness (QED) is 0.436. The lowest BCUT2D eigenvalue weighted by molar-refractivity contribution is 0.304. The average Bonchev–Trinajstić information content (AvgIpc) is 3.22. The largest absolute Gasteiger partial charge is 0.356 e. The van der Waals surface area contributed by atoms with Crippen LogP contribution in [0, 0.1) is 11.8 Å². The van der Waals surface area contributed by atoms with E-state index in [0.29, 0.717) is 6.04 Å². The molecule has 0 radical (unpaired) electrons. The van der Waals surface area contributed by atoms with E-state index in [1.807, 2.05) is 7.05 Å². The van der Waals surface area contributed by atoms with Crippen LogP contribution in [0.15, 0.2) is 4.99 Å². The van der Waals surface area contributed by atoms with Gasteiger partial charge in [0, 0.05) is 19.6 Å². The number of aliphatic imine (C=N–C) groups is 1. The van der Waals surface area contributed by atoms with Crippen molar-refractivity contribution in [3.05, 3.63) is 0 Å². The molecule has 0 bridgehead atoms. The second-order valence-electron chi connectivity index (χ2n) is 6.00. The molecule has 19 heavy (non-hydrogen) atoms. The molecule has 0 aromatic rings. The van der Waals surface area contributed by atoms with Gasteiger partial charge in [0.05, 0.1) is 0 Å². The molecule has 0 aromatic carbocycles. The van der Waals surface area contributed by atoms with Crippen LogP contribution in [-0.2, 0) is 0 Å². The van der Waals surface area contributed by atoms with E-state index in [1.54, 1.807) is 0 Å². The maximum absolute atomic E-state index is 4.33. The Morgan fingerprint density at radius 3 is 2.21 bits per heavy atom. The van der Waals surface area contributed by atoms with Gasteiger partial charge in [-0.15, -0.1) is 24.0 Å². The van der Waals surface area contributed by atoms with Crippen LogP contribution in [0.3, 0.4) is 0 Å². The highest BCUT2D eigenvalue weighted by Crippen LogP contribution is 2.31. The van der Waals surface area contributed by atoms with Crippen LogP contribution in [-0.4, -0.2) is 25.6 Å². The number of guanidine groups is 1. The minimum absolute atomic E-state index is 0. The molecule has 4 heteroatoms. The van der Waals surface area contributed by atoms with Crippen molar-refractivity contribution >= 4 is 29.9 Å². The number of nitrogens with one attached hydrogen (secondary N) is 2. The molecule has 0 spiro atoms. The van der Waals surface area contributed by atoms with Crippen molar-refractivity contribution < 1.29 is 0 Å². The number of halogens is 1. The Balaban J connectivity index is 0.00000180. The molecule has 2 rings (SSSR count). The smallest absolute Gasteiger partial charge is 0.191 e. The Labute approximate surface area is 135 Å². The Bertz CT molecular complexity index is 269. The van der Waals surface area contributed by atoms with Gasteiger partial charge >= 0.3 is 0 Å². The molecule has 2 saturated carbocycles. The summed E-state index contributed by atoms with van der Waals surface area (Å²) in [5.74, 6) is 2.97. The highest BCUT2D eigenvalue weighted by molar-refractivity contribution is 14.0. The summed E-state index contributed by atoms with van der Waals surface area (Å²) in [6.45, 7) is 3.39. The fraction of sp³-hybridized carbons (Fsp3) is 0.933. The van der Waals surface area contributed by atoms with E-state index in [9.17, 15) is 0 Å². The Morgan fingerprint density at radius 2 is 1.68 bits per heavy atom. The maximum Gasteiger partial charge on any atom is 0.191 e. The molecule has 3 nitrogen and oxygen atoms in total. The molecule has 2 aliphatic carbocycles. The van der Waals surface area contributed by atoms with Crippen LogP contribution in [0.5, 0.6) is 0 Å². The SMILES string of the molecule is CCC1CCC(NC(=NC)NCCC2CC2)CC1.I. The standard InChI is InChI=1S/C15H29N3.HI/c1-3-12-6-8-14(9-7-12)18-15(16-2)17-11-10-13-4-5-13;/h12-14H,3-11H2,1-2H3,(H2,16,17,18);1H. The lowest BCUT2D eigenvalue weighted by Crippen LogP contribution is -2.45. The third-order valence-corrected chi connectivity index (χ3v) is 4.53. The molecule has 2 aliphatic rings. The van der Waals surface area contributed by atoms with Crippen molar-refractivity contribution in [3.8, 4) is 0 Å². The first-order valence-electron chi connectivity index (χ1n) is 7.79. The molecule has 2 N–H and O–H groups in total. The molecule has 2 fully saturated rings. The van der Waals surface area contributed by atoms with E-state index in [0.717, 1.165) is 24.3 Å². The van der Waals surface area contributed by atoms with Crippen molar-refractivity contribution in [3.63, 3.8) is 0 Å². The van der Waals surface area contributed by atoms with Gasteiger partial charge in [-0.3, -0.25) is 4.99 Å². The van der Waals surface area contributed by atoms with E-state index in [-0.39, 0.29) is 24.0 Å². The Morgan fingerprint density at radius 1 is 1.05 bits per heavy atom. The van der Waals surface area contributed by atoms with Crippen molar-refractivity contribution in [2.45, 2.75) is 64.3 Å². The number of nitrogens with zero attached hydrogens (tertiary/aromatic N) is 1. The number of hydrogen-bond acceptors (Lipinski definition) is 1. The molecule has 0 heterocycles. The van der Waals surface area contributed by atoms with Crippen molar-refractivity contribution in [1.29, 1.82) is 0 Å². The summed E-state index contributed by atoms with van der Waals surface area (Å²) in [5, 5.41) is 7.04. The zero-order valence-electron chi connectivity index (χ0n) is 12.5. The summed E-state index contributed by atoms with van der Waals surface area (Å²) in [6.07, 6.45) is 10.9. The molecule has 0 aromatic heterocycles. The van der Waals surface area contributed by atoms with Gasteiger partial charge in [0.25, 0.3) is 0 Å². The first kappa shape index (κ1) is 17.1. The van der Waals surface area contributed by atoms with Crippen LogP contribution in [0.1, 0.15) is 58.3 Å². The molecule has 0 aliphatic heterocycles. The zero-order chi connectivity index (χ0) is 12.8. The predicted molar refractivity (Wildman–Crippen MR) is 93.3 cm³/mol. The van der Waals surface area contributed by atoms with Gasteiger partial charge < -0.3 is 10.6 Å². The van der Waals surface area contributed by atoms with E-state index < -0.39 is 0 Å². The van der Waals surface area contributed by atoms with Crippen molar-refractivity contribution in [2.24, 2.45) is 16.8 Å². The van der Waals surface area contributed by atoms with Crippen LogP contribution in [0.4, 0.5) is 0 Å². The Hall–Kier alpha value is 0. The Kier molecular flexibility index (Phi) is 8.11. The predicted octanol–water partition coefficient (Wildman–Crippen LogP) is 3.54. The van der Waals surface area contributed by atoms with E-state index in [2.05, 4.69) is 22.5 Å². The molecular weight excluding hydrogens is 349 g/mol. The zero-order valence-corrected chi connectivity index (χ0v) is 14.8. The molecular formula is C15H30IN3. The maximum atomic E-state index is 4.33. The molecule has 0 unspecified atom stereocenters. The van der Waals surface area contributed by atoms with Gasteiger partial charge in [-0.05, 0) is 43.9 Å². The number of rotatable bonds is 5. The van der Waals surface area contributed by atoms with Crippen LogP contribution in [0.2, 0.25) is 0 Å². The van der Waals surface area contributed by atoms with Gasteiger partial charge in [-0.1, -0.05) is 26.2 Å². The van der Waals surface area contributed by atoms with Crippen LogP contribution < -0.4 is 10.6 Å². The molecule has 112 valence electrons. The molecule has 0 atom stereocenters. The molecule has 0 saturated heterocycles. The van der Waals surface area contributed by atoms with E-state index >= 15 is 0 Å². The highest BCUT2D eigenvalue weighted by atomic mass is 127. The first-order chi connectivity index (χ1) is 8.81. The first-order valence-corrected chi connectivity index (χ1v) is 7.79. The topological polar surface area (TPSA) is 36.4 Å². The van der Waals surface area contributed by atoms with Gasteiger partial charge in [0.2, 0.25) is 0 Å². The fourth-order valence-electron chi connectivity index (χ4n) is 2.90. The van der Waals surface area contributed by atoms with Crippen LogP contribution >= 0.6 is 24.0 Å². The minimum atomic E-state index is 0. The monoisotopic (exact) mass is 379 g/mol. The highest BCUT2D eigenvalue weighted by Gasteiger charge is 2.22. The van der Waals surface area contributed by atoms with Crippen molar-refractivity contribution in [2.75, 3.05) is 13.6 Å². The summed E-state index contributed by atoms with van der Waals surface area (Å²) in [5.41, 5.74) is 0. The number of hydrogen-bond donors (Lipinski definition) is 2. The second-order valence-corrected chi connectivity index (χ2v) is 6.00. The third-order valence-electron chi connectivity index (χ3n) is 4.53. The van der Waals surface area contributed by atoms with Gasteiger partial charge in [0.15, 0.2) is 5.96 Å².